The Labute approximate surface area is 159 Å². The topological polar surface area (TPSA) is 76.5 Å². The number of nitrogens with one attached hydrogen (secondary N) is 1. The lowest BCUT2D eigenvalue weighted by molar-refractivity contribution is -0.122. The van der Waals surface area contributed by atoms with Crippen molar-refractivity contribution in [2.75, 3.05) is 18.6 Å². The van der Waals surface area contributed by atoms with Crippen molar-refractivity contribution in [3.8, 4) is 5.75 Å². The van der Waals surface area contributed by atoms with Gasteiger partial charge < -0.3 is 15.0 Å². The number of para-hydroxylation sites is 2. The number of rotatable bonds is 6. The molecule has 1 fully saturated rings. The lowest BCUT2D eigenvalue weighted by Gasteiger charge is -2.19. The zero-order valence-corrected chi connectivity index (χ0v) is 16.3. The molecule has 1 aliphatic heterocycles. The lowest BCUT2D eigenvalue weighted by Crippen LogP contribution is -2.39. The van der Waals surface area contributed by atoms with Gasteiger partial charge in [-0.05, 0) is 38.0 Å². The van der Waals surface area contributed by atoms with Crippen molar-refractivity contribution in [2.45, 2.75) is 46.2 Å². The van der Waals surface area contributed by atoms with Crippen LogP contribution < -0.4 is 15.0 Å². The van der Waals surface area contributed by atoms with Crippen molar-refractivity contribution in [2.24, 2.45) is 0 Å². The number of benzene rings is 1. The number of anilines is 1. The van der Waals surface area contributed by atoms with E-state index in [1.807, 2.05) is 38.1 Å². The second-order valence-electron chi connectivity index (χ2n) is 6.81. The number of hydrogen-bond acceptors (Lipinski definition) is 4. The molecule has 1 saturated heterocycles. The molecule has 0 bridgehead atoms. The Kier molecular flexibility index (Phi) is 5.48. The van der Waals surface area contributed by atoms with E-state index >= 15 is 0 Å². The Morgan fingerprint density at radius 1 is 1.33 bits per heavy atom. The maximum absolute atomic E-state index is 12.5. The van der Waals surface area contributed by atoms with Gasteiger partial charge in [0.15, 0.2) is 0 Å². The Morgan fingerprint density at radius 3 is 2.74 bits per heavy atom. The molecule has 0 unspecified atom stereocenters. The SMILES string of the molecule is CCc1c(C)nn(CC(=O)N[C@H]2CC(=O)N(c3ccccc3OC)C2)c1C. The van der Waals surface area contributed by atoms with Crippen LogP contribution in [0.4, 0.5) is 5.69 Å². The molecule has 7 nitrogen and oxygen atoms in total. The molecule has 1 atom stereocenters. The van der Waals surface area contributed by atoms with Crippen LogP contribution in [0.1, 0.15) is 30.3 Å². The van der Waals surface area contributed by atoms with Crippen molar-refractivity contribution in [1.29, 1.82) is 0 Å². The molecule has 0 radical (unpaired) electrons. The summed E-state index contributed by atoms with van der Waals surface area (Å²) >= 11 is 0. The van der Waals surface area contributed by atoms with Crippen molar-refractivity contribution >= 4 is 17.5 Å². The van der Waals surface area contributed by atoms with Crippen LogP contribution in [0.25, 0.3) is 0 Å². The van der Waals surface area contributed by atoms with E-state index in [1.165, 1.54) is 5.56 Å². The third-order valence-corrected chi connectivity index (χ3v) is 5.04. The zero-order chi connectivity index (χ0) is 19.6. The molecule has 1 aromatic heterocycles. The molecule has 1 N–H and O–H groups in total. The number of carbonyl (C=O) groups is 2. The average molecular weight is 370 g/mol. The summed E-state index contributed by atoms with van der Waals surface area (Å²) in [5.41, 5.74) is 3.89. The van der Waals surface area contributed by atoms with Crippen LogP contribution in [0.2, 0.25) is 0 Å². The Hall–Kier alpha value is -2.83. The van der Waals surface area contributed by atoms with Crippen LogP contribution in [0.3, 0.4) is 0 Å². The molecule has 0 aliphatic carbocycles. The first-order chi connectivity index (χ1) is 12.9. The van der Waals surface area contributed by atoms with E-state index in [2.05, 4.69) is 17.3 Å². The molecular formula is C20H26N4O3. The second-order valence-corrected chi connectivity index (χ2v) is 6.81. The van der Waals surface area contributed by atoms with E-state index < -0.39 is 0 Å². The smallest absolute Gasteiger partial charge is 0.242 e. The van der Waals surface area contributed by atoms with Gasteiger partial charge in [-0.1, -0.05) is 19.1 Å². The van der Waals surface area contributed by atoms with Crippen LogP contribution in [0, 0.1) is 13.8 Å². The Bertz CT molecular complexity index is 859. The fraction of sp³-hybridized carbons (Fsp3) is 0.450. The number of amides is 2. The van der Waals surface area contributed by atoms with Gasteiger partial charge in [-0.3, -0.25) is 14.3 Å². The number of carbonyl (C=O) groups excluding carboxylic acids is 2. The summed E-state index contributed by atoms with van der Waals surface area (Å²) in [6, 6.07) is 7.18. The number of nitrogens with zero attached hydrogens (tertiary/aromatic N) is 3. The van der Waals surface area contributed by atoms with Crippen molar-refractivity contribution in [1.82, 2.24) is 15.1 Å². The Morgan fingerprint density at radius 2 is 2.07 bits per heavy atom. The summed E-state index contributed by atoms with van der Waals surface area (Å²) in [5.74, 6) is 0.486. The van der Waals surface area contributed by atoms with Crippen molar-refractivity contribution in [3.05, 3.63) is 41.2 Å². The number of aromatic nitrogens is 2. The normalized spacial score (nSPS) is 16.7. The van der Waals surface area contributed by atoms with Gasteiger partial charge in [0.25, 0.3) is 0 Å². The predicted molar refractivity (Wildman–Crippen MR) is 103 cm³/mol. The van der Waals surface area contributed by atoms with Gasteiger partial charge in [-0.2, -0.15) is 5.10 Å². The summed E-state index contributed by atoms with van der Waals surface area (Å²) < 4.78 is 7.08. The van der Waals surface area contributed by atoms with Gasteiger partial charge in [0.2, 0.25) is 11.8 Å². The summed E-state index contributed by atoms with van der Waals surface area (Å²) in [6.45, 7) is 6.61. The van der Waals surface area contributed by atoms with Gasteiger partial charge >= 0.3 is 0 Å². The molecule has 0 spiro atoms. The van der Waals surface area contributed by atoms with E-state index in [0.717, 1.165) is 23.5 Å². The molecule has 27 heavy (non-hydrogen) atoms. The molecular weight excluding hydrogens is 344 g/mol. The molecule has 3 rings (SSSR count). The minimum absolute atomic E-state index is 0.0239. The highest BCUT2D eigenvalue weighted by molar-refractivity contribution is 5.98. The first kappa shape index (κ1) is 18.9. The highest BCUT2D eigenvalue weighted by Gasteiger charge is 2.33. The van der Waals surface area contributed by atoms with Gasteiger partial charge in [-0.25, -0.2) is 0 Å². The van der Waals surface area contributed by atoms with Crippen LogP contribution in [-0.4, -0.2) is 41.3 Å². The van der Waals surface area contributed by atoms with E-state index in [9.17, 15) is 9.59 Å². The predicted octanol–water partition coefficient (Wildman–Crippen LogP) is 1.99. The highest BCUT2D eigenvalue weighted by Crippen LogP contribution is 2.31. The Balaban J connectivity index is 1.65. The van der Waals surface area contributed by atoms with Crippen LogP contribution in [0.15, 0.2) is 24.3 Å². The largest absolute Gasteiger partial charge is 0.495 e. The molecule has 144 valence electrons. The summed E-state index contributed by atoms with van der Waals surface area (Å²) in [5, 5.41) is 7.42. The average Bonchev–Trinajstić information content (AvgIpc) is 3.13. The maximum atomic E-state index is 12.5. The van der Waals surface area contributed by atoms with E-state index in [-0.39, 0.29) is 30.8 Å². The molecule has 2 amide bonds. The maximum Gasteiger partial charge on any atom is 0.242 e. The van der Waals surface area contributed by atoms with Gasteiger partial charge in [-0.15, -0.1) is 0 Å². The van der Waals surface area contributed by atoms with E-state index in [1.54, 1.807) is 16.7 Å². The molecule has 0 saturated carbocycles. The van der Waals surface area contributed by atoms with Crippen LogP contribution >= 0.6 is 0 Å². The van der Waals surface area contributed by atoms with Gasteiger partial charge in [0, 0.05) is 18.7 Å². The minimum Gasteiger partial charge on any atom is -0.495 e. The number of ether oxygens (including phenoxy) is 1. The first-order valence-corrected chi connectivity index (χ1v) is 9.20. The number of hydrogen-bond donors (Lipinski definition) is 1. The third-order valence-electron chi connectivity index (χ3n) is 5.04. The molecule has 7 heteroatoms. The monoisotopic (exact) mass is 370 g/mol. The van der Waals surface area contributed by atoms with E-state index in [0.29, 0.717) is 12.3 Å². The summed E-state index contributed by atoms with van der Waals surface area (Å²) in [4.78, 5) is 26.6. The van der Waals surface area contributed by atoms with Crippen molar-refractivity contribution < 1.29 is 14.3 Å². The number of methoxy groups -OCH3 is 1. The second kappa shape index (κ2) is 7.82. The molecule has 1 aromatic carbocycles. The van der Waals surface area contributed by atoms with Crippen LogP contribution in [0.5, 0.6) is 5.75 Å². The summed E-state index contributed by atoms with van der Waals surface area (Å²) in [6.07, 6.45) is 1.17. The fourth-order valence-corrected chi connectivity index (χ4v) is 3.70. The lowest BCUT2D eigenvalue weighted by atomic mass is 10.1. The van der Waals surface area contributed by atoms with Crippen molar-refractivity contribution in [3.63, 3.8) is 0 Å². The van der Waals surface area contributed by atoms with Crippen LogP contribution in [-0.2, 0) is 22.6 Å². The minimum atomic E-state index is -0.225. The van der Waals surface area contributed by atoms with Gasteiger partial charge in [0.1, 0.15) is 12.3 Å². The summed E-state index contributed by atoms with van der Waals surface area (Å²) in [7, 11) is 1.58. The first-order valence-electron chi connectivity index (χ1n) is 9.20. The van der Waals surface area contributed by atoms with Gasteiger partial charge in [0.05, 0.1) is 24.5 Å². The highest BCUT2D eigenvalue weighted by atomic mass is 16.5. The molecule has 1 aliphatic rings. The molecule has 2 aromatic rings. The standard InChI is InChI=1S/C20H26N4O3/c1-5-16-13(2)22-24(14(16)3)12-19(25)21-15-10-20(26)23(11-15)17-8-6-7-9-18(17)27-4/h6-9,15H,5,10-12H2,1-4H3,(H,21,25)/t15-/m0/s1. The third kappa shape index (κ3) is 3.82. The molecule has 2 heterocycles. The zero-order valence-electron chi connectivity index (χ0n) is 16.3. The quantitative estimate of drug-likeness (QED) is 0.844. The van der Waals surface area contributed by atoms with E-state index in [4.69, 9.17) is 4.74 Å². The fourth-order valence-electron chi connectivity index (χ4n) is 3.70. The number of aryl methyl sites for hydroxylation is 1.